The molecule has 1 atom stereocenters. The highest BCUT2D eigenvalue weighted by atomic mass is 17.2. The first-order valence-corrected chi connectivity index (χ1v) is 6.20. The Morgan fingerprint density at radius 1 is 1.29 bits per heavy atom. The minimum absolute atomic E-state index is 0.0144. The molecule has 0 spiro atoms. The number of carboxylic acid groups (broad SMARTS) is 1. The van der Waals surface area contributed by atoms with Crippen molar-refractivity contribution in [2.45, 2.75) is 71.0 Å². The fraction of sp³-hybridized carbons (Fsp3) is 0.846. The first-order chi connectivity index (χ1) is 7.85. The fourth-order valence-corrected chi connectivity index (χ4v) is 1.33. The Hall–Kier alpha value is -0.610. The van der Waals surface area contributed by atoms with Crippen LogP contribution in [0.5, 0.6) is 0 Å². The zero-order chi connectivity index (χ0) is 13.3. The zero-order valence-electron chi connectivity index (χ0n) is 11.2. The van der Waals surface area contributed by atoms with Crippen LogP contribution in [0.3, 0.4) is 0 Å². The van der Waals surface area contributed by atoms with Crippen LogP contribution in [0.1, 0.15) is 59.3 Å². The Morgan fingerprint density at radius 2 is 1.94 bits per heavy atom. The van der Waals surface area contributed by atoms with E-state index >= 15 is 0 Å². The van der Waals surface area contributed by atoms with Crippen molar-refractivity contribution in [2.24, 2.45) is 0 Å². The van der Waals surface area contributed by atoms with E-state index in [4.69, 9.17) is 14.9 Å². The average Bonchev–Trinajstić information content (AvgIpc) is 2.19. The second-order valence-corrected chi connectivity index (χ2v) is 5.20. The molecule has 0 saturated heterocycles. The summed E-state index contributed by atoms with van der Waals surface area (Å²) >= 11 is 0. The summed E-state index contributed by atoms with van der Waals surface area (Å²) in [5.41, 5.74) is -0.319. The van der Waals surface area contributed by atoms with Crippen LogP contribution in [-0.4, -0.2) is 22.8 Å². The van der Waals surface area contributed by atoms with Crippen molar-refractivity contribution in [3.8, 4) is 0 Å². The first-order valence-electron chi connectivity index (χ1n) is 6.20. The van der Waals surface area contributed by atoms with Gasteiger partial charge in [-0.3, -0.25) is 4.79 Å². The molecule has 0 fully saturated rings. The molecule has 0 amide bonds. The van der Waals surface area contributed by atoms with E-state index in [-0.39, 0.29) is 18.1 Å². The normalized spacial score (nSPS) is 13.6. The maximum Gasteiger partial charge on any atom is 0.303 e. The monoisotopic (exact) mass is 245 g/mol. The third kappa shape index (κ3) is 11.6. The zero-order valence-corrected chi connectivity index (χ0v) is 11.2. The summed E-state index contributed by atoms with van der Waals surface area (Å²) in [6.07, 6.45) is 4.20. The molecule has 0 aliphatic heterocycles. The summed E-state index contributed by atoms with van der Waals surface area (Å²) in [6.45, 7) is 9.58. The molecule has 0 heterocycles. The van der Waals surface area contributed by atoms with Crippen molar-refractivity contribution < 1.29 is 19.7 Å². The Bertz CT molecular complexity index is 208. The highest BCUT2D eigenvalue weighted by Crippen LogP contribution is 2.16. The molecule has 0 bridgehead atoms. The second-order valence-electron chi connectivity index (χ2n) is 5.20. The van der Waals surface area contributed by atoms with E-state index in [1.54, 1.807) is 0 Å². The molecule has 0 rings (SSSR count). The molecule has 1 unspecified atom stereocenters. The lowest BCUT2D eigenvalue weighted by atomic mass is 10.1. The van der Waals surface area contributed by atoms with Crippen LogP contribution < -0.4 is 0 Å². The maximum atomic E-state index is 10.4. The van der Waals surface area contributed by atoms with E-state index in [2.05, 4.69) is 6.92 Å². The predicted octanol–water partition coefficient (Wildman–Crippen LogP) is 3.36. The van der Waals surface area contributed by atoms with Crippen molar-refractivity contribution in [3.63, 3.8) is 0 Å². The molecule has 0 aromatic carbocycles. The Labute approximate surface area is 104 Å². The van der Waals surface area contributed by atoms with Gasteiger partial charge in [-0.2, -0.15) is 0 Å². The summed E-state index contributed by atoms with van der Waals surface area (Å²) in [5.74, 6) is -0.745. The molecule has 4 heteroatoms. The van der Waals surface area contributed by atoms with Crippen LogP contribution in [-0.2, 0) is 14.6 Å². The maximum absolute atomic E-state index is 10.4. The van der Waals surface area contributed by atoms with E-state index < -0.39 is 5.97 Å². The molecule has 0 aliphatic carbocycles. The molecule has 4 nitrogen and oxygen atoms in total. The van der Waals surface area contributed by atoms with Gasteiger partial charge >= 0.3 is 5.97 Å². The number of unbranched alkanes of at least 4 members (excludes halogenated alkanes) is 1. The van der Waals surface area contributed by atoms with Crippen molar-refractivity contribution in [2.75, 3.05) is 0 Å². The lowest BCUT2D eigenvalue weighted by molar-refractivity contribution is -0.374. The topological polar surface area (TPSA) is 55.8 Å². The molecule has 0 saturated carbocycles. The van der Waals surface area contributed by atoms with E-state index in [0.29, 0.717) is 6.42 Å². The van der Waals surface area contributed by atoms with Gasteiger partial charge in [0.15, 0.2) is 0 Å². The third-order valence-electron chi connectivity index (χ3n) is 2.13. The number of hydrogen-bond acceptors (Lipinski definition) is 3. The van der Waals surface area contributed by atoms with Crippen molar-refractivity contribution >= 4 is 5.97 Å². The van der Waals surface area contributed by atoms with Gasteiger partial charge in [0.05, 0.1) is 11.7 Å². The lowest BCUT2D eigenvalue weighted by Crippen LogP contribution is -2.24. The summed E-state index contributed by atoms with van der Waals surface area (Å²) < 4.78 is 0. The minimum atomic E-state index is -0.745. The molecule has 101 valence electrons. The van der Waals surface area contributed by atoms with Gasteiger partial charge in [0.25, 0.3) is 0 Å². The van der Waals surface area contributed by atoms with Crippen LogP contribution in [0.2, 0.25) is 0 Å². The van der Waals surface area contributed by atoms with Crippen LogP contribution in [0.15, 0.2) is 0 Å². The third-order valence-corrected chi connectivity index (χ3v) is 2.13. The Kier molecular flexibility index (Phi) is 8.17. The molecule has 1 N–H and O–H groups in total. The Balaban J connectivity index is 3.78. The molecular formula is C13H25O4. The van der Waals surface area contributed by atoms with Gasteiger partial charge in [-0.1, -0.05) is 19.8 Å². The van der Waals surface area contributed by atoms with Gasteiger partial charge in [0, 0.05) is 6.42 Å². The van der Waals surface area contributed by atoms with Gasteiger partial charge in [0.2, 0.25) is 0 Å². The highest BCUT2D eigenvalue weighted by molar-refractivity contribution is 5.66. The number of carbonyl (C=O) groups is 1. The van der Waals surface area contributed by atoms with Crippen molar-refractivity contribution in [3.05, 3.63) is 6.92 Å². The standard InChI is InChI=1S/C13H25O4/c1-5-8-11(16-17-13(2,3)4)9-6-7-10-12(14)15/h11H,1,5-10H2,2-4H3,(H,14,15). The van der Waals surface area contributed by atoms with Gasteiger partial charge in [-0.25, -0.2) is 9.78 Å². The van der Waals surface area contributed by atoms with Crippen molar-refractivity contribution in [1.29, 1.82) is 0 Å². The van der Waals surface area contributed by atoms with Crippen LogP contribution in [0.4, 0.5) is 0 Å². The lowest BCUT2D eigenvalue weighted by Gasteiger charge is -2.23. The fourth-order valence-electron chi connectivity index (χ4n) is 1.33. The van der Waals surface area contributed by atoms with Gasteiger partial charge in [-0.15, -0.1) is 0 Å². The van der Waals surface area contributed by atoms with Crippen LogP contribution in [0, 0.1) is 6.92 Å². The molecule has 0 aliphatic rings. The van der Waals surface area contributed by atoms with E-state index in [1.807, 2.05) is 20.8 Å². The second kappa shape index (κ2) is 8.48. The average molecular weight is 245 g/mol. The van der Waals surface area contributed by atoms with Crippen LogP contribution >= 0.6 is 0 Å². The van der Waals surface area contributed by atoms with Gasteiger partial charge in [-0.05, 0) is 40.0 Å². The number of rotatable bonds is 9. The summed E-state index contributed by atoms with van der Waals surface area (Å²) in [4.78, 5) is 21.0. The molecular weight excluding hydrogens is 220 g/mol. The van der Waals surface area contributed by atoms with E-state index in [0.717, 1.165) is 25.7 Å². The number of aliphatic carboxylic acids is 1. The molecule has 0 aromatic heterocycles. The van der Waals surface area contributed by atoms with Crippen LogP contribution in [0.25, 0.3) is 0 Å². The molecule has 17 heavy (non-hydrogen) atoms. The molecule has 1 radical (unpaired) electrons. The minimum Gasteiger partial charge on any atom is -0.481 e. The molecule has 0 aromatic rings. The van der Waals surface area contributed by atoms with E-state index in [1.165, 1.54) is 0 Å². The van der Waals surface area contributed by atoms with Gasteiger partial charge in [0.1, 0.15) is 0 Å². The summed E-state index contributed by atoms with van der Waals surface area (Å²) in [6, 6.07) is 0. The summed E-state index contributed by atoms with van der Waals surface area (Å²) in [7, 11) is 0. The predicted molar refractivity (Wildman–Crippen MR) is 66.4 cm³/mol. The quantitative estimate of drug-likeness (QED) is 0.384. The largest absolute Gasteiger partial charge is 0.481 e. The SMILES string of the molecule is [CH2]CCC(CCCCC(=O)O)OOC(C)(C)C. The van der Waals surface area contributed by atoms with Gasteiger partial charge < -0.3 is 5.11 Å². The van der Waals surface area contributed by atoms with E-state index in [9.17, 15) is 4.79 Å². The highest BCUT2D eigenvalue weighted by Gasteiger charge is 2.16. The van der Waals surface area contributed by atoms with Crippen molar-refractivity contribution in [1.82, 2.24) is 0 Å². The first kappa shape index (κ1) is 16.4. The Morgan fingerprint density at radius 3 is 2.41 bits per heavy atom. The smallest absolute Gasteiger partial charge is 0.303 e. The summed E-state index contributed by atoms with van der Waals surface area (Å²) in [5, 5.41) is 8.53. The number of hydrogen-bond donors (Lipinski definition) is 1. The number of carboxylic acids is 1.